The van der Waals surface area contributed by atoms with Gasteiger partial charge in [-0.25, -0.2) is 0 Å². The average molecular weight is 356 g/mol. The summed E-state index contributed by atoms with van der Waals surface area (Å²) in [6.07, 6.45) is 0. The highest BCUT2D eigenvalue weighted by molar-refractivity contribution is 8.00. The van der Waals surface area contributed by atoms with E-state index in [1.807, 2.05) is 31.2 Å². The number of nitrogens with one attached hydrogen (secondary N) is 2. The normalized spacial score (nSPS) is 17.6. The van der Waals surface area contributed by atoms with E-state index in [1.165, 1.54) is 11.8 Å². The lowest BCUT2D eigenvalue weighted by Crippen LogP contribution is -2.27. The summed E-state index contributed by atoms with van der Waals surface area (Å²) in [6, 6.07) is 10.9. The van der Waals surface area contributed by atoms with Gasteiger partial charge in [0, 0.05) is 17.0 Å². The molecule has 4 rings (SSSR count). The number of hydrogen-bond donors (Lipinski definition) is 2. The first-order chi connectivity index (χ1) is 12.1. The van der Waals surface area contributed by atoms with E-state index in [2.05, 4.69) is 10.6 Å². The summed E-state index contributed by atoms with van der Waals surface area (Å²) in [7, 11) is 0. The summed E-state index contributed by atoms with van der Waals surface area (Å²) >= 11 is 1.49. The van der Waals surface area contributed by atoms with Crippen LogP contribution in [0.3, 0.4) is 0 Å². The zero-order chi connectivity index (χ0) is 17.4. The van der Waals surface area contributed by atoms with Crippen LogP contribution in [0.25, 0.3) is 0 Å². The van der Waals surface area contributed by atoms with Crippen molar-refractivity contribution in [3.63, 3.8) is 0 Å². The number of amides is 2. The minimum atomic E-state index is -0.196. The molecule has 0 spiro atoms. The summed E-state index contributed by atoms with van der Waals surface area (Å²) in [5, 5.41) is 5.59. The molecular weight excluding hydrogens is 340 g/mol. The number of hydrogen-bond acceptors (Lipinski definition) is 5. The number of ether oxygens (including phenoxy) is 2. The maximum Gasteiger partial charge on any atom is 0.251 e. The van der Waals surface area contributed by atoms with E-state index in [9.17, 15) is 9.59 Å². The van der Waals surface area contributed by atoms with Gasteiger partial charge in [0.2, 0.25) is 12.7 Å². The van der Waals surface area contributed by atoms with Crippen LogP contribution < -0.4 is 20.1 Å². The average Bonchev–Trinajstić information content (AvgIpc) is 3.08. The first-order valence-corrected chi connectivity index (χ1v) is 8.76. The van der Waals surface area contributed by atoms with Crippen LogP contribution in [-0.2, 0) is 11.3 Å². The van der Waals surface area contributed by atoms with Crippen molar-refractivity contribution < 1.29 is 19.1 Å². The standard InChI is InChI=1S/C18H16N2O4S/c1-10-17(21)20-13-7-12(3-5-16(13)25-10)18(22)19-8-11-2-4-14-15(6-11)24-9-23-14/h2-7,10H,8-9H2,1H3,(H,19,22)(H,20,21)/t10-/m0/s1. The molecule has 0 aliphatic carbocycles. The van der Waals surface area contributed by atoms with E-state index in [4.69, 9.17) is 9.47 Å². The van der Waals surface area contributed by atoms with E-state index in [1.54, 1.807) is 12.1 Å². The number of thioether (sulfide) groups is 1. The quantitative estimate of drug-likeness (QED) is 0.884. The maximum atomic E-state index is 12.4. The third-order valence-corrected chi connectivity index (χ3v) is 5.24. The smallest absolute Gasteiger partial charge is 0.251 e. The zero-order valence-corrected chi connectivity index (χ0v) is 14.3. The van der Waals surface area contributed by atoms with Crippen LogP contribution in [0.1, 0.15) is 22.8 Å². The first kappa shape index (κ1) is 15.8. The fraction of sp³-hybridized carbons (Fsp3) is 0.222. The number of benzene rings is 2. The molecule has 2 aliphatic rings. The lowest BCUT2D eigenvalue weighted by Gasteiger charge is -2.21. The molecule has 6 nitrogen and oxygen atoms in total. The van der Waals surface area contributed by atoms with Crippen LogP contribution >= 0.6 is 11.8 Å². The summed E-state index contributed by atoms with van der Waals surface area (Å²) in [6.45, 7) is 2.46. The van der Waals surface area contributed by atoms with E-state index in [0.717, 1.165) is 10.5 Å². The van der Waals surface area contributed by atoms with Crippen molar-refractivity contribution in [2.75, 3.05) is 12.1 Å². The molecule has 25 heavy (non-hydrogen) atoms. The molecule has 2 amide bonds. The third-order valence-electron chi connectivity index (χ3n) is 4.06. The highest BCUT2D eigenvalue weighted by Crippen LogP contribution is 2.36. The van der Waals surface area contributed by atoms with Gasteiger partial charge in [0.15, 0.2) is 11.5 Å². The SMILES string of the molecule is C[C@@H]1Sc2ccc(C(=O)NCc3ccc4c(c3)OCO4)cc2NC1=O. The van der Waals surface area contributed by atoms with E-state index >= 15 is 0 Å². The summed E-state index contributed by atoms with van der Waals surface area (Å²) in [5.74, 6) is 1.16. The van der Waals surface area contributed by atoms with Crippen molar-refractivity contribution in [3.8, 4) is 11.5 Å². The van der Waals surface area contributed by atoms with Gasteiger partial charge in [0.25, 0.3) is 5.91 Å². The van der Waals surface area contributed by atoms with Gasteiger partial charge in [0.1, 0.15) is 0 Å². The maximum absolute atomic E-state index is 12.4. The molecule has 2 aromatic rings. The molecule has 2 aromatic carbocycles. The number of anilines is 1. The van der Waals surface area contributed by atoms with Gasteiger partial charge in [0.05, 0.1) is 10.9 Å². The molecule has 128 valence electrons. The van der Waals surface area contributed by atoms with Gasteiger partial charge in [-0.05, 0) is 42.8 Å². The minimum Gasteiger partial charge on any atom is -0.454 e. The Balaban J connectivity index is 1.45. The third kappa shape index (κ3) is 3.15. The van der Waals surface area contributed by atoms with Crippen LogP contribution in [0.15, 0.2) is 41.3 Å². The minimum absolute atomic E-state index is 0.0459. The van der Waals surface area contributed by atoms with Crippen molar-refractivity contribution in [1.29, 1.82) is 0 Å². The van der Waals surface area contributed by atoms with Crippen molar-refractivity contribution in [2.24, 2.45) is 0 Å². The highest BCUT2D eigenvalue weighted by atomic mass is 32.2. The van der Waals surface area contributed by atoms with E-state index in [0.29, 0.717) is 29.3 Å². The summed E-state index contributed by atoms with van der Waals surface area (Å²) in [5.41, 5.74) is 2.12. The van der Waals surface area contributed by atoms with Gasteiger partial charge in [-0.3, -0.25) is 9.59 Å². The molecule has 0 unspecified atom stereocenters. The highest BCUT2D eigenvalue weighted by Gasteiger charge is 2.23. The monoisotopic (exact) mass is 356 g/mol. The molecular formula is C18H16N2O4S. The fourth-order valence-corrected chi connectivity index (χ4v) is 3.62. The molecule has 0 saturated heterocycles. The number of carbonyl (C=O) groups excluding carboxylic acids is 2. The van der Waals surface area contributed by atoms with Crippen LogP contribution in [0, 0.1) is 0 Å². The van der Waals surface area contributed by atoms with Crippen LogP contribution in [-0.4, -0.2) is 23.9 Å². The van der Waals surface area contributed by atoms with Gasteiger partial charge < -0.3 is 20.1 Å². The predicted octanol–water partition coefficient (Wildman–Crippen LogP) is 2.78. The molecule has 1 atom stereocenters. The van der Waals surface area contributed by atoms with Gasteiger partial charge in [-0.2, -0.15) is 0 Å². The van der Waals surface area contributed by atoms with Crippen molar-refractivity contribution in [2.45, 2.75) is 23.6 Å². The molecule has 2 heterocycles. The summed E-state index contributed by atoms with van der Waals surface area (Å²) < 4.78 is 10.6. The van der Waals surface area contributed by atoms with Crippen LogP contribution in [0.5, 0.6) is 11.5 Å². The Morgan fingerprint density at radius 2 is 2.08 bits per heavy atom. The molecule has 0 saturated carbocycles. The van der Waals surface area contributed by atoms with Gasteiger partial charge in [-0.15, -0.1) is 11.8 Å². The fourth-order valence-electron chi connectivity index (χ4n) is 2.69. The Bertz CT molecular complexity index is 868. The lowest BCUT2D eigenvalue weighted by molar-refractivity contribution is -0.115. The van der Waals surface area contributed by atoms with E-state index in [-0.39, 0.29) is 23.9 Å². The van der Waals surface area contributed by atoms with Crippen molar-refractivity contribution in [1.82, 2.24) is 5.32 Å². The van der Waals surface area contributed by atoms with Gasteiger partial charge in [-0.1, -0.05) is 6.07 Å². The molecule has 0 radical (unpaired) electrons. The molecule has 7 heteroatoms. The van der Waals surface area contributed by atoms with Gasteiger partial charge >= 0.3 is 0 Å². The number of carbonyl (C=O) groups is 2. The lowest BCUT2D eigenvalue weighted by atomic mass is 10.1. The second-order valence-corrected chi connectivity index (χ2v) is 7.21. The van der Waals surface area contributed by atoms with Crippen molar-refractivity contribution >= 4 is 29.3 Å². The van der Waals surface area contributed by atoms with Crippen LogP contribution in [0.4, 0.5) is 5.69 Å². The Kier molecular flexibility index (Phi) is 4.01. The second-order valence-electron chi connectivity index (χ2n) is 5.83. The topological polar surface area (TPSA) is 76.7 Å². The van der Waals surface area contributed by atoms with E-state index < -0.39 is 0 Å². The van der Waals surface area contributed by atoms with Crippen molar-refractivity contribution in [3.05, 3.63) is 47.5 Å². The Morgan fingerprint density at radius 1 is 1.24 bits per heavy atom. The molecule has 2 N–H and O–H groups in total. The largest absolute Gasteiger partial charge is 0.454 e. The zero-order valence-electron chi connectivity index (χ0n) is 13.5. The Morgan fingerprint density at radius 3 is 2.96 bits per heavy atom. The number of fused-ring (bicyclic) bond motifs is 2. The first-order valence-electron chi connectivity index (χ1n) is 7.88. The molecule has 0 aromatic heterocycles. The Labute approximate surface area is 148 Å². The second kappa shape index (κ2) is 6.33. The summed E-state index contributed by atoms with van der Waals surface area (Å²) in [4.78, 5) is 25.2. The molecule has 0 bridgehead atoms. The van der Waals surface area contributed by atoms with Crippen LogP contribution in [0.2, 0.25) is 0 Å². The Hall–Kier alpha value is -2.67. The molecule has 2 aliphatic heterocycles. The molecule has 0 fully saturated rings. The number of rotatable bonds is 3. The predicted molar refractivity (Wildman–Crippen MR) is 94.1 cm³/mol.